The highest BCUT2D eigenvalue weighted by atomic mass is 16.6. The summed E-state index contributed by atoms with van der Waals surface area (Å²) in [7, 11) is 0. The first kappa shape index (κ1) is 19.3. The summed E-state index contributed by atoms with van der Waals surface area (Å²) in [6.45, 7) is 5.67. The number of benzene rings is 2. The predicted octanol–water partition coefficient (Wildman–Crippen LogP) is 4.16. The zero-order valence-electron chi connectivity index (χ0n) is 16.0. The summed E-state index contributed by atoms with van der Waals surface area (Å²) in [5.74, 6) is -0.479. The number of nitro groups is 1. The summed E-state index contributed by atoms with van der Waals surface area (Å²) in [6, 6.07) is 14.2. The van der Waals surface area contributed by atoms with Gasteiger partial charge in [0, 0.05) is 18.1 Å². The van der Waals surface area contributed by atoms with Gasteiger partial charge in [0.15, 0.2) is 0 Å². The molecule has 1 aromatic heterocycles. The molecule has 0 atom stereocenters. The fraction of sp³-hybridized carbons (Fsp3) is 0.238. The van der Waals surface area contributed by atoms with E-state index in [9.17, 15) is 14.9 Å². The molecule has 0 unspecified atom stereocenters. The molecule has 144 valence electrons. The Morgan fingerprint density at radius 3 is 2.61 bits per heavy atom. The molecule has 0 saturated heterocycles. The first-order valence-corrected chi connectivity index (χ1v) is 8.97. The third kappa shape index (κ3) is 3.78. The van der Waals surface area contributed by atoms with Crippen molar-refractivity contribution in [3.63, 3.8) is 0 Å². The van der Waals surface area contributed by atoms with Crippen LogP contribution in [-0.2, 0) is 11.2 Å². The highest BCUT2D eigenvalue weighted by Gasteiger charge is 2.25. The predicted molar refractivity (Wildman–Crippen MR) is 105 cm³/mol. The monoisotopic (exact) mass is 379 g/mol. The van der Waals surface area contributed by atoms with Gasteiger partial charge in [0.1, 0.15) is 5.56 Å². The van der Waals surface area contributed by atoms with E-state index in [1.165, 1.54) is 6.07 Å². The lowest BCUT2D eigenvalue weighted by Gasteiger charge is -2.11. The Balaban J connectivity index is 2.19. The van der Waals surface area contributed by atoms with Gasteiger partial charge < -0.3 is 4.74 Å². The second kappa shape index (κ2) is 8.04. The lowest BCUT2D eigenvalue weighted by atomic mass is 10.0. The van der Waals surface area contributed by atoms with Crippen LogP contribution < -0.4 is 0 Å². The third-order valence-corrected chi connectivity index (χ3v) is 4.43. The molecule has 1 heterocycles. The van der Waals surface area contributed by atoms with Gasteiger partial charge in [-0.05, 0) is 38.5 Å². The average Bonchev–Trinajstić information content (AvgIpc) is 2.98. The smallest absolute Gasteiger partial charge is 0.341 e. The number of esters is 1. The van der Waals surface area contributed by atoms with E-state index in [0.717, 1.165) is 11.3 Å². The molecule has 3 aromatic rings. The number of rotatable bonds is 6. The van der Waals surface area contributed by atoms with Crippen LogP contribution in [0.4, 0.5) is 5.69 Å². The van der Waals surface area contributed by atoms with E-state index >= 15 is 0 Å². The number of carbonyl (C=O) groups excluding carboxylic acids is 1. The molecule has 2 aromatic carbocycles. The van der Waals surface area contributed by atoms with E-state index in [1.807, 2.05) is 31.2 Å². The summed E-state index contributed by atoms with van der Waals surface area (Å²) >= 11 is 0. The van der Waals surface area contributed by atoms with Crippen molar-refractivity contribution in [1.29, 1.82) is 0 Å². The van der Waals surface area contributed by atoms with Gasteiger partial charge in [-0.1, -0.05) is 30.3 Å². The van der Waals surface area contributed by atoms with Gasteiger partial charge in [0.05, 0.1) is 28.6 Å². The Morgan fingerprint density at radius 2 is 1.93 bits per heavy atom. The SMILES string of the molecule is CCOC(=O)c1c(C)nn(-c2cccc(C)c2)c1Cc1ccccc1[N+](=O)[O-]. The fourth-order valence-corrected chi connectivity index (χ4v) is 3.20. The number of ether oxygens (including phenoxy) is 1. The zero-order valence-corrected chi connectivity index (χ0v) is 16.0. The van der Waals surface area contributed by atoms with Gasteiger partial charge in [-0.3, -0.25) is 10.1 Å². The molecule has 0 aliphatic rings. The zero-order chi connectivity index (χ0) is 20.3. The van der Waals surface area contributed by atoms with E-state index in [0.29, 0.717) is 22.5 Å². The topological polar surface area (TPSA) is 87.3 Å². The Morgan fingerprint density at radius 1 is 1.18 bits per heavy atom. The van der Waals surface area contributed by atoms with Crippen LogP contribution in [0.15, 0.2) is 48.5 Å². The molecule has 0 aliphatic heterocycles. The van der Waals surface area contributed by atoms with Crippen LogP contribution in [0.3, 0.4) is 0 Å². The minimum atomic E-state index is -0.479. The van der Waals surface area contributed by atoms with Crippen LogP contribution in [0.1, 0.15) is 39.8 Å². The minimum absolute atomic E-state index is 0.00644. The van der Waals surface area contributed by atoms with Gasteiger partial charge >= 0.3 is 5.97 Å². The number of nitro benzene ring substituents is 1. The quantitative estimate of drug-likeness (QED) is 0.364. The first-order chi connectivity index (χ1) is 13.4. The highest BCUT2D eigenvalue weighted by Crippen LogP contribution is 2.27. The maximum absolute atomic E-state index is 12.6. The summed E-state index contributed by atoms with van der Waals surface area (Å²) in [5.41, 5.74) is 3.77. The first-order valence-electron chi connectivity index (χ1n) is 8.97. The maximum atomic E-state index is 12.6. The van der Waals surface area contributed by atoms with Crippen LogP contribution in [-0.4, -0.2) is 27.3 Å². The van der Waals surface area contributed by atoms with Crippen molar-refractivity contribution in [2.75, 3.05) is 6.61 Å². The molecule has 0 saturated carbocycles. The van der Waals surface area contributed by atoms with Gasteiger partial charge in [-0.2, -0.15) is 5.10 Å². The van der Waals surface area contributed by atoms with Crippen LogP contribution in [0.2, 0.25) is 0 Å². The van der Waals surface area contributed by atoms with Crippen LogP contribution in [0, 0.1) is 24.0 Å². The lowest BCUT2D eigenvalue weighted by Crippen LogP contribution is -2.11. The second-order valence-electron chi connectivity index (χ2n) is 6.44. The molecule has 0 fully saturated rings. The summed E-state index contributed by atoms with van der Waals surface area (Å²) in [4.78, 5) is 23.6. The third-order valence-electron chi connectivity index (χ3n) is 4.43. The summed E-state index contributed by atoms with van der Waals surface area (Å²) < 4.78 is 6.88. The number of carbonyl (C=O) groups is 1. The molecule has 7 heteroatoms. The maximum Gasteiger partial charge on any atom is 0.341 e. The largest absolute Gasteiger partial charge is 0.462 e. The van der Waals surface area contributed by atoms with Gasteiger partial charge in [-0.25, -0.2) is 9.48 Å². The molecule has 0 aliphatic carbocycles. The van der Waals surface area contributed by atoms with Crippen molar-refractivity contribution in [3.05, 3.63) is 86.7 Å². The summed E-state index contributed by atoms with van der Waals surface area (Å²) in [5, 5.41) is 16.0. The number of hydrogen-bond acceptors (Lipinski definition) is 5. The normalized spacial score (nSPS) is 10.7. The van der Waals surface area contributed by atoms with E-state index in [1.54, 1.807) is 36.7 Å². The molecule has 0 radical (unpaired) electrons. The Kier molecular flexibility index (Phi) is 5.54. The standard InChI is InChI=1S/C21H21N3O4/c1-4-28-21(25)20-15(3)22-23(17-10-7-8-14(2)12-17)19(20)13-16-9-5-6-11-18(16)24(26)27/h5-12H,4,13H2,1-3H3. The molecule has 7 nitrogen and oxygen atoms in total. The number of nitrogens with zero attached hydrogens (tertiary/aromatic N) is 3. The average molecular weight is 379 g/mol. The molecule has 0 amide bonds. The van der Waals surface area contributed by atoms with Crippen molar-refractivity contribution in [3.8, 4) is 5.69 Å². The Bertz CT molecular complexity index is 1040. The van der Waals surface area contributed by atoms with Gasteiger partial charge in [-0.15, -0.1) is 0 Å². The second-order valence-corrected chi connectivity index (χ2v) is 6.44. The van der Waals surface area contributed by atoms with Gasteiger partial charge in [0.2, 0.25) is 0 Å². The lowest BCUT2D eigenvalue weighted by molar-refractivity contribution is -0.385. The van der Waals surface area contributed by atoms with E-state index in [2.05, 4.69) is 5.10 Å². The number of para-hydroxylation sites is 1. The van der Waals surface area contributed by atoms with Crippen molar-refractivity contribution in [2.45, 2.75) is 27.2 Å². The van der Waals surface area contributed by atoms with Crippen molar-refractivity contribution >= 4 is 11.7 Å². The van der Waals surface area contributed by atoms with Crippen LogP contribution in [0.5, 0.6) is 0 Å². The molecule has 0 N–H and O–H groups in total. The van der Waals surface area contributed by atoms with Crippen molar-refractivity contribution in [1.82, 2.24) is 9.78 Å². The minimum Gasteiger partial charge on any atom is -0.462 e. The van der Waals surface area contributed by atoms with Crippen molar-refractivity contribution in [2.24, 2.45) is 0 Å². The molecule has 0 spiro atoms. The summed E-state index contributed by atoms with van der Waals surface area (Å²) in [6.07, 6.45) is 0.181. The van der Waals surface area contributed by atoms with Gasteiger partial charge in [0.25, 0.3) is 5.69 Å². The number of aromatic nitrogens is 2. The van der Waals surface area contributed by atoms with E-state index < -0.39 is 10.9 Å². The molecular weight excluding hydrogens is 358 g/mol. The van der Waals surface area contributed by atoms with E-state index in [-0.39, 0.29) is 18.7 Å². The van der Waals surface area contributed by atoms with E-state index in [4.69, 9.17) is 4.74 Å². The van der Waals surface area contributed by atoms with Crippen LogP contribution in [0.25, 0.3) is 5.69 Å². The Labute approximate surface area is 162 Å². The number of hydrogen-bond donors (Lipinski definition) is 0. The van der Waals surface area contributed by atoms with Crippen LogP contribution >= 0.6 is 0 Å². The number of aryl methyl sites for hydroxylation is 2. The molecule has 3 rings (SSSR count). The Hall–Kier alpha value is -3.48. The molecular formula is C21H21N3O4. The fourth-order valence-electron chi connectivity index (χ4n) is 3.20. The molecule has 28 heavy (non-hydrogen) atoms. The molecule has 0 bridgehead atoms. The highest BCUT2D eigenvalue weighted by molar-refractivity contribution is 5.92. The van der Waals surface area contributed by atoms with Crippen molar-refractivity contribution < 1.29 is 14.5 Å².